The summed E-state index contributed by atoms with van der Waals surface area (Å²) in [5, 5.41) is 13.0. The van der Waals surface area contributed by atoms with Crippen LogP contribution in [-0.4, -0.2) is 44.5 Å². The summed E-state index contributed by atoms with van der Waals surface area (Å²) in [6.07, 6.45) is 2.46. The molecule has 0 unspecified atom stereocenters. The molecule has 0 aromatic carbocycles. The summed E-state index contributed by atoms with van der Waals surface area (Å²) in [7, 11) is 0. The largest absolute Gasteiger partial charge is 0.336 e. The molecule has 1 saturated carbocycles. The number of tetrazole rings is 1. The maximum Gasteiger partial charge on any atom is 0.295 e. The monoisotopic (exact) mass is 195 g/mol. The van der Waals surface area contributed by atoms with Crippen molar-refractivity contribution in [3.63, 3.8) is 0 Å². The minimum Gasteiger partial charge on any atom is -0.336 e. The first kappa shape index (κ1) is 9.11. The average Bonchev–Trinajstić information content (AvgIpc) is 2.84. The third-order valence-electron chi connectivity index (χ3n) is 2.38. The molecule has 1 aromatic heterocycles. The predicted molar refractivity (Wildman–Crippen MR) is 48.5 cm³/mol. The van der Waals surface area contributed by atoms with Crippen LogP contribution in [0.5, 0.6) is 0 Å². The van der Waals surface area contributed by atoms with Crippen LogP contribution in [0.2, 0.25) is 0 Å². The standard InChI is InChI=1S/C8H13N5O/c1-2-13(5-6-3-4-6)8(14)7-9-11-12-10-7/h6H,2-5H2,1H3,(H,9,10,11,12). The first-order chi connectivity index (χ1) is 6.81. The highest BCUT2D eigenvalue weighted by Gasteiger charge is 2.27. The molecular formula is C8H13N5O. The van der Waals surface area contributed by atoms with Gasteiger partial charge in [-0.25, -0.2) is 0 Å². The Balaban J connectivity index is 1.99. The second kappa shape index (κ2) is 3.73. The summed E-state index contributed by atoms with van der Waals surface area (Å²) >= 11 is 0. The molecule has 1 fully saturated rings. The molecule has 1 aliphatic rings. The second-order valence-electron chi connectivity index (χ2n) is 3.52. The van der Waals surface area contributed by atoms with Crippen molar-refractivity contribution < 1.29 is 4.79 Å². The Morgan fingerprint density at radius 1 is 1.64 bits per heavy atom. The van der Waals surface area contributed by atoms with Gasteiger partial charge in [0, 0.05) is 13.1 Å². The third kappa shape index (κ3) is 1.89. The van der Waals surface area contributed by atoms with Crippen molar-refractivity contribution in [2.24, 2.45) is 5.92 Å². The van der Waals surface area contributed by atoms with Crippen LogP contribution in [0.3, 0.4) is 0 Å². The molecule has 0 atom stereocenters. The van der Waals surface area contributed by atoms with Gasteiger partial charge in [0.15, 0.2) is 0 Å². The van der Waals surface area contributed by atoms with Gasteiger partial charge in [-0.1, -0.05) is 0 Å². The number of carbonyl (C=O) groups is 1. The van der Waals surface area contributed by atoms with Crippen molar-refractivity contribution in [2.75, 3.05) is 13.1 Å². The van der Waals surface area contributed by atoms with Gasteiger partial charge in [0.25, 0.3) is 11.7 Å². The minimum atomic E-state index is -0.131. The van der Waals surface area contributed by atoms with Gasteiger partial charge in [-0.05, 0) is 30.9 Å². The number of H-pyrrole nitrogens is 1. The van der Waals surface area contributed by atoms with E-state index < -0.39 is 0 Å². The van der Waals surface area contributed by atoms with E-state index in [0.717, 1.165) is 6.54 Å². The number of amides is 1. The van der Waals surface area contributed by atoms with Gasteiger partial charge < -0.3 is 4.90 Å². The number of nitrogens with one attached hydrogen (secondary N) is 1. The van der Waals surface area contributed by atoms with Gasteiger partial charge in [-0.15, -0.1) is 10.2 Å². The highest BCUT2D eigenvalue weighted by Crippen LogP contribution is 2.29. The van der Waals surface area contributed by atoms with Crippen molar-refractivity contribution >= 4 is 5.91 Å². The summed E-state index contributed by atoms with van der Waals surface area (Å²) in [5.41, 5.74) is 0. The molecule has 76 valence electrons. The van der Waals surface area contributed by atoms with Crippen molar-refractivity contribution in [2.45, 2.75) is 19.8 Å². The van der Waals surface area contributed by atoms with E-state index in [1.54, 1.807) is 4.90 Å². The normalized spacial score (nSPS) is 15.5. The van der Waals surface area contributed by atoms with Crippen molar-refractivity contribution in [3.05, 3.63) is 5.82 Å². The van der Waals surface area contributed by atoms with Crippen molar-refractivity contribution in [1.82, 2.24) is 25.5 Å². The van der Waals surface area contributed by atoms with E-state index >= 15 is 0 Å². The Kier molecular flexibility index (Phi) is 2.43. The molecule has 0 saturated heterocycles. The number of nitrogens with zero attached hydrogens (tertiary/aromatic N) is 4. The van der Waals surface area contributed by atoms with E-state index in [0.29, 0.717) is 12.5 Å². The second-order valence-corrected chi connectivity index (χ2v) is 3.52. The zero-order valence-corrected chi connectivity index (χ0v) is 8.10. The van der Waals surface area contributed by atoms with Crippen LogP contribution in [-0.2, 0) is 0 Å². The third-order valence-corrected chi connectivity index (χ3v) is 2.38. The molecule has 0 bridgehead atoms. The Morgan fingerprint density at radius 2 is 2.43 bits per heavy atom. The van der Waals surface area contributed by atoms with E-state index in [1.165, 1.54) is 12.8 Å². The lowest BCUT2D eigenvalue weighted by Crippen LogP contribution is -2.33. The molecular weight excluding hydrogens is 182 g/mol. The fraction of sp³-hybridized carbons (Fsp3) is 0.750. The highest BCUT2D eigenvalue weighted by molar-refractivity contribution is 5.90. The summed E-state index contributed by atoms with van der Waals surface area (Å²) < 4.78 is 0. The Morgan fingerprint density at radius 3 is 2.93 bits per heavy atom. The van der Waals surface area contributed by atoms with Gasteiger partial charge in [0.1, 0.15) is 0 Å². The Bertz CT molecular complexity index is 306. The lowest BCUT2D eigenvalue weighted by Gasteiger charge is -2.18. The van der Waals surface area contributed by atoms with Gasteiger partial charge in [-0.3, -0.25) is 4.79 Å². The number of hydrogen-bond donors (Lipinski definition) is 1. The van der Waals surface area contributed by atoms with Crippen LogP contribution in [0, 0.1) is 5.92 Å². The quantitative estimate of drug-likeness (QED) is 0.737. The van der Waals surface area contributed by atoms with Crippen LogP contribution in [0.15, 0.2) is 0 Å². The van der Waals surface area contributed by atoms with E-state index in [9.17, 15) is 4.79 Å². The zero-order chi connectivity index (χ0) is 9.97. The van der Waals surface area contributed by atoms with Crippen LogP contribution >= 0.6 is 0 Å². The molecule has 6 heteroatoms. The van der Waals surface area contributed by atoms with Crippen LogP contribution < -0.4 is 0 Å². The van der Waals surface area contributed by atoms with Gasteiger partial charge in [0.2, 0.25) is 0 Å². The average molecular weight is 195 g/mol. The molecule has 1 heterocycles. The molecule has 1 amide bonds. The first-order valence-corrected chi connectivity index (χ1v) is 4.84. The summed E-state index contributed by atoms with van der Waals surface area (Å²) in [6, 6.07) is 0. The summed E-state index contributed by atoms with van der Waals surface area (Å²) in [6.45, 7) is 3.48. The number of aromatic amines is 1. The van der Waals surface area contributed by atoms with Crippen LogP contribution in [0.25, 0.3) is 0 Å². The molecule has 0 spiro atoms. The summed E-state index contributed by atoms with van der Waals surface area (Å²) in [4.78, 5) is 13.5. The molecule has 2 rings (SSSR count). The van der Waals surface area contributed by atoms with Crippen LogP contribution in [0.4, 0.5) is 0 Å². The Hall–Kier alpha value is -1.46. The molecule has 6 nitrogen and oxygen atoms in total. The van der Waals surface area contributed by atoms with Crippen LogP contribution in [0.1, 0.15) is 30.4 Å². The van der Waals surface area contributed by atoms with Crippen molar-refractivity contribution in [3.8, 4) is 0 Å². The van der Waals surface area contributed by atoms with E-state index in [4.69, 9.17) is 0 Å². The topological polar surface area (TPSA) is 74.8 Å². The van der Waals surface area contributed by atoms with E-state index in [2.05, 4.69) is 20.6 Å². The SMILES string of the molecule is CCN(CC1CC1)C(=O)c1nn[nH]n1. The van der Waals surface area contributed by atoms with Gasteiger partial charge in [0.05, 0.1) is 0 Å². The fourth-order valence-electron chi connectivity index (χ4n) is 1.36. The lowest BCUT2D eigenvalue weighted by atomic mass is 10.3. The van der Waals surface area contributed by atoms with E-state index in [1.807, 2.05) is 6.92 Å². The maximum atomic E-state index is 11.7. The molecule has 1 aromatic rings. The Labute approximate surface area is 81.7 Å². The zero-order valence-electron chi connectivity index (χ0n) is 8.10. The number of hydrogen-bond acceptors (Lipinski definition) is 4. The molecule has 1 N–H and O–H groups in total. The first-order valence-electron chi connectivity index (χ1n) is 4.84. The van der Waals surface area contributed by atoms with Gasteiger partial charge >= 0.3 is 0 Å². The lowest BCUT2D eigenvalue weighted by molar-refractivity contribution is 0.0744. The molecule has 14 heavy (non-hydrogen) atoms. The minimum absolute atomic E-state index is 0.131. The molecule has 0 aliphatic heterocycles. The van der Waals surface area contributed by atoms with Gasteiger partial charge in [-0.2, -0.15) is 5.21 Å². The number of aromatic nitrogens is 4. The fourth-order valence-corrected chi connectivity index (χ4v) is 1.36. The highest BCUT2D eigenvalue weighted by atomic mass is 16.2. The number of carbonyl (C=O) groups excluding carboxylic acids is 1. The smallest absolute Gasteiger partial charge is 0.295 e. The molecule has 1 aliphatic carbocycles. The molecule has 0 radical (unpaired) electrons. The predicted octanol–water partition coefficient (Wildman–Crippen LogP) is 0.0718. The van der Waals surface area contributed by atoms with Crippen molar-refractivity contribution in [1.29, 1.82) is 0 Å². The summed E-state index contributed by atoms with van der Waals surface area (Å²) in [5.74, 6) is 0.714. The van der Waals surface area contributed by atoms with E-state index in [-0.39, 0.29) is 11.7 Å². The maximum absolute atomic E-state index is 11.7. The number of rotatable bonds is 4.